The summed E-state index contributed by atoms with van der Waals surface area (Å²) in [5.74, 6) is 1.87. The molecule has 0 radical (unpaired) electrons. The summed E-state index contributed by atoms with van der Waals surface area (Å²) in [6.07, 6.45) is 1.69. The summed E-state index contributed by atoms with van der Waals surface area (Å²) in [5.41, 5.74) is 2.91. The van der Waals surface area contributed by atoms with E-state index in [1.807, 2.05) is 49.4 Å². The molecular formula is C24H18BrClO4. The van der Waals surface area contributed by atoms with Crippen LogP contribution in [0.25, 0.3) is 6.08 Å². The van der Waals surface area contributed by atoms with Gasteiger partial charge in [0.1, 0.15) is 23.9 Å². The van der Waals surface area contributed by atoms with E-state index in [-0.39, 0.29) is 11.5 Å². The van der Waals surface area contributed by atoms with E-state index < -0.39 is 0 Å². The summed E-state index contributed by atoms with van der Waals surface area (Å²) >= 11 is 9.65. The molecule has 1 heterocycles. The summed E-state index contributed by atoms with van der Waals surface area (Å²) in [4.78, 5) is 12.9. The van der Waals surface area contributed by atoms with E-state index in [4.69, 9.17) is 25.8 Å². The second-order valence-corrected chi connectivity index (χ2v) is 8.09. The number of Topliss-reactive ketones (excluding diaryl/α,β-unsaturated/α-hetero) is 1. The lowest BCUT2D eigenvalue weighted by Gasteiger charge is -2.12. The fourth-order valence-corrected chi connectivity index (χ4v) is 3.82. The zero-order valence-corrected chi connectivity index (χ0v) is 18.7. The van der Waals surface area contributed by atoms with Crippen LogP contribution in [0.2, 0.25) is 5.02 Å². The highest BCUT2D eigenvalue weighted by Gasteiger charge is 2.30. The van der Waals surface area contributed by atoms with Crippen LogP contribution in [-0.4, -0.2) is 12.9 Å². The first-order chi connectivity index (χ1) is 14.5. The van der Waals surface area contributed by atoms with Gasteiger partial charge in [-0.2, -0.15) is 0 Å². The van der Waals surface area contributed by atoms with Crippen LogP contribution in [0.5, 0.6) is 17.2 Å². The first-order valence-electron chi connectivity index (χ1n) is 9.25. The summed E-state index contributed by atoms with van der Waals surface area (Å²) in [5, 5.41) is 0.649. The number of fused-ring (bicyclic) bond motifs is 1. The minimum atomic E-state index is -0.173. The Balaban J connectivity index is 1.61. The molecular weight excluding hydrogens is 468 g/mol. The Labute approximate surface area is 188 Å². The lowest BCUT2D eigenvalue weighted by molar-refractivity contribution is 0.101. The number of benzene rings is 3. The number of halogens is 2. The van der Waals surface area contributed by atoms with E-state index in [1.165, 1.54) is 0 Å². The zero-order valence-electron chi connectivity index (χ0n) is 16.4. The standard InChI is InChI=1S/C24H18BrClO4/c1-14-20(29-13-15-5-3-4-6-19(15)26)10-8-18-23(27)22(30-24(14)18)12-16-11-17(25)7-9-21(16)28-2/h3-12H,13H2,1-2H3/b22-12-. The summed E-state index contributed by atoms with van der Waals surface area (Å²) < 4.78 is 18.2. The highest BCUT2D eigenvalue weighted by atomic mass is 79.9. The van der Waals surface area contributed by atoms with Gasteiger partial charge in [-0.1, -0.05) is 45.7 Å². The number of hydrogen-bond donors (Lipinski definition) is 0. The molecule has 3 aromatic carbocycles. The van der Waals surface area contributed by atoms with Gasteiger partial charge in [-0.3, -0.25) is 4.79 Å². The highest BCUT2D eigenvalue weighted by Crippen LogP contribution is 2.40. The topological polar surface area (TPSA) is 44.8 Å². The van der Waals surface area contributed by atoms with Gasteiger partial charge in [0.05, 0.1) is 12.7 Å². The van der Waals surface area contributed by atoms with Gasteiger partial charge in [0.2, 0.25) is 5.78 Å². The molecule has 30 heavy (non-hydrogen) atoms. The third-order valence-electron chi connectivity index (χ3n) is 4.86. The molecule has 0 saturated heterocycles. The van der Waals surface area contributed by atoms with Gasteiger partial charge in [0.25, 0.3) is 0 Å². The van der Waals surface area contributed by atoms with Crippen molar-refractivity contribution in [3.63, 3.8) is 0 Å². The molecule has 0 N–H and O–H groups in total. The van der Waals surface area contributed by atoms with Crippen LogP contribution in [0.4, 0.5) is 0 Å². The van der Waals surface area contributed by atoms with Crippen LogP contribution in [0, 0.1) is 6.92 Å². The Hall–Kier alpha value is -2.76. The van der Waals surface area contributed by atoms with E-state index in [9.17, 15) is 4.79 Å². The Morgan fingerprint density at radius 3 is 2.63 bits per heavy atom. The normalized spacial score (nSPS) is 13.9. The predicted octanol–water partition coefficient (Wildman–Crippen LogP) is 6.61. The Bertz CT molecular complexity index is 1170. The van der Waals surface area contributed by atoms with Crippen LogP contribution in [0.3, 0.4) is 0 Å². The smallest absolute Gasteiger partial charge is 0.231 e. The molecule has 152 valence electrons. The van der Waals surface area contributed by atoms with Gasteiger partial charge in [-0.25, -0.2) is 0 Å². The molecule has 1 aliphatic rings. The summed E-state index contributed by atoms with van der Waals surface area (Å²) in [6, 6.07) is 16.6. The minimum absolute atomic E-state index is 0.173. The molecule has 0 spiro atoms. The van der Waals surface area contributed by atoms with Gasteiger partial charge in [-0.15, -0.1) is 0 Å². The second kappa shape index (κ2) is 8.54. The molecule has 0 aliphatic carbocycles. The van der Waals surface area contributed by atoms with Crippen molar-refractivity contribution in [3.05, 3.63) is 92.1 Å². The molecule has 6 heteroatoms. The average Bonchev–Trinajstić information content (AvgIpc) is 3.05. The van der Waals surface area contributed by atoms with Crippen molar-refractivity contribution < 1.29 is 19.0 Å². The molecule has 0 atom stereocenters. The lowest BCUT2D eigenvalue weighted by Crippen LogP contribution is -1.99. The van der Waals surface area contributed by atoms with Crippen LogP contribution < -0.4 is 14.2 Å². The van der Waals surface area contributed by atoms with E-state index in [0.717, 1.165) is 21.2 Å². The van der Waals surface area contributed by atoms with Crippen LogP contribution in [0.15, 0.2) is 64.8 Å². The predicted molar refractivity (Wildman–Crippen MR) is 121 cm³/mol. The van der Waals surface area contributed by atoms with Crippen LogP contribution in [-0.2, 0) is 6.61 Å². The summed E-state index contributed by atoms with van der Waals surface area (Å²) in [6.45, 7) is 2.20. The molecule has 0 fully saturated rings. The van der Waals surface area contributed by atoms with Gasteiger partial charge in [0.15, 0.2) is 5.76 Å². The Morgan fingerprint density at radius 2 is 1.87 bits per heavy atom. The van der Waals surface area contributed by atoms with Crippen molar-refractivity contribution in [1.82, 2.24) is 0 Å². The number of hydrogen-bond acceptors (Lipinski definition) is 4. The highest BCUT2D eigenvalue weighted by molar-refractivity contribution is 9.10. The van der Waals surface area contributed by atoms with Crippen LogP contribution >= 0.6 is 27.5 Å². The van der Waals surface area contributed by atoms with Gasteiger partial charge < -0.3 is 14.2 Å². The number of ether oxygens (including phenoxy) is 3. The maximum Gasteiger partial charge on any atom is 0.231 e. The van der Waals surface area contributed by atoms with E-state index in [1.54, 1.807) is 25.3 Å². The van der Waals surface area contributed by atoms with Crippen molar-refractivity contribution >= 4 is 39.4 Å². The number of carbonyl (C=O) groups is 1. The molecule has 4 nitrogen and oxygen atoms in total. The van der Waals surface area contributed by atoms with E-state index in [0.29, 0.717) is 34.4 Å². The molecule has 3 aromatic rings. The fraction of sp³-hybridized carbons (Fsp3) is 0.125. The fourth-order valence-electron chi connectivity index (χ4n) is 3.25. The number of carbonyl (C=O) groups excluding carboxylic acids is 1. The Morgan fingerprint density at radius 1 is 1.10 bits per heavy atom. The average molecular weight is 486 g/mol. The Kier molecular flexibility index (Phi) is 5.84. The molecule has 0 saturated carbocycles. The van der Waals surface area contributed by atoms with Gasteiger partial charge in [-0.05, 0) is 49.4 Å². The van der Waals surface area contributed by atoms with Crippen molar-refractivity contribution in [2.75, 3.05) is 7.11 Å². The van der Waals surface area contributed by atoms with Gasteiger partial charge >= 0.3 is 0 Å². The van der Waals surface area contributed by atoms with Crippen LogP contribution in [0.1, 0.15) is 27.0 Å². The van der Waals surface area contributed by atoms with Crippen molar-refractivity contribution in [2.45, 2.75) is 13.5 Å². The first kappa shape index (κ1) is 20.5. The number of ketones is 1. The second-order valence-electron chi connectivity index (χ2n) is 6.77. The minimum Gasteiger partial charge on any atom is -0.496 e. The monoisotopic (exact) mass is 484 g/mol. The largest absolute Gasteiger partial charge is 0.496 e. The van der Waals surface area contributed by atoms with Crippen molar-refractivity contribution in [3.8, 4) is 17.2 Å². The van der Waals surface area contributed by atoms with E-state index >= 15 is 0 Å². The molecule has 0 aromatic heterocycles. The molecule has 1 aliphatic heterocycles. The molecule has 0 unspecified atom stereocenters. The maximum absolute atomic E-state index is 12.9. The zero-order chi connectivity index (χ0) is 21.3. The molecule has 0 amide bonds. The molecule has 0 bridgehead atoms. The SMILES string of the molecule is COc1ccc(Br)cc1/C=C1\Oc2c(ccc(OCc3ccccc3Cl)c2C)C1=O. The molecule has 4 rings (SSSR count). The maximum atomic E-state index is 12.9. The van der Waals surface area contributed by atoms with Crippen molar-refractivity contribution in [2.24, 2.45) is 0 Å². The third-order valence-corrected chi connectivity index (χ3v) is 5.72. The van der Waals surface area contributed by atoms with Crippen molar-refractivity contribution in [1.29, 1.82) is 0 Å². The summed E-state index contributed by atoms with van der Waals surface area (Å²) in [7, 11) is 1.59. The van der Waals surface area contributed by atoms with E-state index in [2.05, 4.69) is 15.9 Å². The lowest BCUT2D eigenvalue weighted by atomic mass is 10.1. The van der Waals surface area contributed by atoms with Gasteiger partial charge in [0, 0.05) is 26.2 Å². The quantitative estimate of drug-likeness (QED) is 0.381. The third kappa shape index (κ3) is 3.95. The number of allylic oxidation sites excluding steroid dienone is 1. The first-order valence-corrected chi connectivity index (χ1v) is 10.4. The number of rotatable bonds is 5. The number of methoxy groups -OCH3 is 1.